The summed E-state index contributed by atoms with van der Waals surface area (Å²) in [7, 11) is -2.48. The van der Waals surface area contributed by atoms with Crippen LogP contribution in [-0.4, -0.2) is 38.1 Å². The summed E-state index contributed by atoms with van der Waals surface area (Å²) in [5, 5.41) is 0. The number of hydrogen-bond acceptors (Lipinski definition) is 4. The Bertz CT molecular complexity index is 928. The molecule has 0 aliphatic heterocycles. The van der Waals surface area contributed by atoms with Crippen molar-refractivity contribution in [2.75, 3.05) is 13.6 Å². The van der Waals surface area contributed by atoms with Crippen molar-refractivity contribution in [1.29, 1.82) is 0 Å². The van der Waals surface area contributed by atoms with E-state index in [-0.39, 0.29) is 10.8 Å². The average molecular weight is 418 g/mol. The van der Waals surface area contributed by atoms with E-state index in [1.165, 1.54) is 19.2 Å². The molecule has 29 heavy (non-hydrogen) atoms. The van der Waals surface area contributed by atoms with Gasteiger partial charge in [-0.15, -0.1) is 0 Å². The SMILES string of the molecule is CCCC(C(=O)NNC(=O)CN(C)S(=O)(=O)c1ccc(C)cc1)c1ccccc1. The van der Waals surface area contributed by atoms with E-state index in [2.05, 4.69) is 10.9 Å². The minimum atomic E-state index is -3.80. The van der Waals surface area contributed by atoms with E-state index in [9.17, 15) is 18.0 Å². The Hall–Kier alpha value is -2.71. The molecule has 0 aliphatic rings. The van der Waals surface area contributed by atoms with Crippen molar-refractivity contribution in [3.8, 4) is 0 Å². The lowest BCUT2D eigenvalue weighted by Gasteiger charge is -2.19. The first-order valence-electron chi connectivity index (χ1n) is 9.42. The lowest BCUT2D eigenvalue weighted by atomic mass is 9.94. The molecular weight excluding hydrogens is 390 g/mol. The Kier molecular flexibility index (Phi) is 7.92. The molecule has 0 heterocycles. The van der Waals surface area contributed by atoms with E-state index in [1.54, 1.807) is 12.1 Å². The molecule has 2 rings (SSSR count). The van der Waals surface area contributed by atoms with Gasteiger partial charge in [0, 0.05) is 7.05 Å². The van der Waals surface area contributed by atoms with Crippen molar-refractivity contribution in [2.24, 2.45) is 0 Å². The van der Waals surface area contributed by atoms with Gasteiger partial charge in [-0.2, -0.15) is 4.31 Å². The standard InChI is InChI=1S/C21H27N3O4S/c1-4-8-19(17-9-6-5-7-10-17)21(26)23-22-20(25)15-24(3)29(27,28)18-13-11-16(2)12-14-18/h5-7,9-14,19H,4,8,15H2,1-3H3,(H,22,25)(H,23,26). The maximum Gasteiger partial charge on any atom is 0.253 e. The minimum absolute atomic E-state index is 0.106. The highest BCUT2D eigenvalue weighted by molar-refractivity contribution is 7.89. The molecule has 2 aromatic rings. The first-order valence-corrected chi connectivity index (χ1v) is 10.9. The summed E-state index contributed by atoms with van der Waals surface area (Å²) in [6.45, 7) is 3.42. The topological polar surface area (TPSA) is 95.6 Å². The molecule has 0 spiro atoms. The van der Waals surface area contributed by atoms with E-state index < -0.39 is 28.4 Å². The highest BCUT2D eigenvalue weighted by Gasteiger charge is 2.24. The molecule has 2 aromatic carbocycles. The van der Waals surface area contributed by atoms with Crippen LogP contribution in [0.15, 0.2) is 59.5 Å². The fourth-order valence-corrected chi connectivity index (χ4v) is 3.99. The van der Waals surface area contributed by atoms with Gasteiger partial charge in [-0.25, -0.2) is 8.42 Å². The van der Waals surface area contributed by atoms with Gasteiger partial charge >= 0.3 is 0 Å². The Morgan fingerprint density at radius 3 is 2.21 bits per heavy atom. The van der Waals surface area contributed by atoms with Crippen molar-refractivity contribution in [3.05, 3.63) is 65.7 Å². The van der Waals surface area contributed by atoms with Crippen LogP contribution in [0, 0.1) is 6.92 Å². The van der Waals surface area contributed by atoms with Crippen LogP contribution in [-0.2, 0) is 19.6 Å². The second-order valence-electron chi connectivity index (χ2n) is 6.86. The van der Waals surface area contributed by atoms with Crippen molar-refractivity contribution in [3.63, 3.8) is 0 Å². The van der Waals surface area contributed by atoms with Crippen LogP contribution in [0.5, 0.6) is 0 Å². The monoisotopic (exact) mass is 417 g/mol. The van der Waals surface area contributed by atoms with Gasteiger partial charge in [-0.05, 0) is 31.0 Å². The second kappa shape index (κ2) is 10.2. The average Bonchev–Trinajstić information content (AvgIpc) is 2.71. The summed E-state index contributed by atoms with van der Waals surface area (Å²) in [6, 6.07) is 15.7. The fraction of sp³-hybridized carbons (Fsp3) is 0.333. The molecule has 0 bridgehead atoms. The zero-order valence-electron chi connectivity index (χ0n) is 16.9. The summed E-state index contributed by atoms with van der Waals surface area (Å²) >= 11 is 0. The number of likely N-dealkylation sites (N-methyl/N-ethyl adjacent to an activating group) is 1. The number of rotatable bonds is 8. The third-order valence-electron chi connectivity index (χ3n) is 4.52. The fourth-order valence-electron chi connectivity index (χ4n) is 2.86. The van der Waals surface area contributed by atoms with Crippen molar-refractivity contribution in [2.45, 2.75) is 37.5 Å². The maximum atomic E-state index is 12.6. The summed E-state index contributed by atoms with van der Waals surface area (Å²) in [6.07, 6.45) is 1.44. The quantitative estimate of drug-likeness (QED) is 0.645. The van der Waals surface area contributed by atoms with E-state index in [1.807, 2.05) is 44.2 Å². The number of sulfonamides is 1. The van der Waals surface area contributed by atoms with E-state index in [4.69, 9.17) is 0 Å². The van der Waals surface area contributed by atoms with E-state index in [0.29, 0.717) is 6.42 Å². The highest BCUT2D eigenvalue weighted by Crippen LogP contribution is 2.21. The largest absolute Gasteiger partial charge is 0.273 e. The highest BCUT2D eigenvalue weighted by atomic mass is 32.2. The number of hydrogen-bond donors (Lipinski definition) is 2. The molecule has 0 aliphatic carbocycles. The van der Waals surface area contributed by atoms with Gasteiger partial charge in [-0.3, -0.25) is 20.4 Å². The Morgan fingerprint density at radius 1 is 1.00 bits per heavy atom. The molecule has 1 unspecified atom stereocenters. The van der Waals surface area contributed by atoms with Gasteiger partial charge in [0.25, 0.3) is 5.91 Å². The van der Waals surface area contributed by atoms with Crippen LogP contribution in [0.2, 0.25) is 0 Å². The van der Waals surface area contributed by atoms with Crippen molar-refractivity contribution in [1.82, 2.24) is 15.2 Å². The van der Waals surface area contributed by atoms with Crippen molar-refractivity contribution < 1.29 is 18.0 Å². The van der Waals surface area contributed by atoms with Gasteiger partial charge in [0.2, 0.25) is 15.9 Å². The van der Waals surface area contributed by atoms with Crippen molar-refractivity contribution >= 4 is 21.8 Å². The number of carbonyl (C=O) groups excluding carboxylic acids is 2. The molecule has 1 atom stereocenters. The first kappa shape index (κ1) is 22.6. The normalized spacial score (nSPS) is 12.4. The van der Waals surface area contributed by atoms with Gasteiger partial charge in [0.15, 0.2) is 0 Å². The van der Waals surface area contributed by atoms with Crippen LogP contribution in [0.1, 0.15) is 36.8 Å². The molecule has 2 N–H and O–H groups in total. The predicted molar refractivity (Wildman–Crippen MR) is 111 cm³/mol. The summed E-state index contributed by atoms with van der Waals surface area (Å²) in [4.78, 5) is 24.8. The lowest BCUT2D eigenvalue weighted by molar-refractivity contribution is -0.129. The first-order chi connectivity index (χ1) is 13.8. The number of carbonyl (C=O) groups is 2. The lowest BCUT2D eigenvalue weighted by Crippen LogP contribution is -2.48. The number of nitrogens with one attached hydrogen (secondary N) is 2. The molecule has 8 heteroatoms. The zero-order valence-corrected chi connectivity index (χ0v) is 17.7. The van der Waals surface area contributed by atoms with Gasteiger partial charge in [0.05, 0.1) is 17.4 Å². The number of nitrogens with zero attached hydrogens (tertiary/aromatic N) is 1. The van der Waals surface area contributed by atoms with Crippen LogP contribution >= 0.6 is 0 Å². The Balaban J connectivity index is 1.95. The molecule has 0 fully saturated rings. The molecule has 0 saturated heterocycles. The maximum absolute atomic E-state index is 12.6. The Morgan fingerprint density at radius 2 is 1.62 bits per heavy atom. The Labute approximate surface area is 172 Å². The molecule has 7 nitrogen and oxygen atoms in total. The molecular formula is C21H27N3O4S. The smallest absolute Gasteiger partial charge is 0.253 e. The van der Waals surface area contributed by atoms with Crippen LogP contribution in [0.3, 0.4) is 0 Å². The summed E-state index contributed by atoms with van der Waals surface area (Å²) in [5.41, 5.74) is 6.52. The minimum Gasteiger partial charge on any atom is -0.273 e. The summed E-state index contributed by atoms with van der Waals surface area (Å²) < 4.78 is 26.1. The van der Waals surface area contributed by atoms with Gasteiger partial charge in [0.1, 0.15) is 0 Å². The predicted octanol–water partition coefficient (Wildman–Crippen LogP) is 2.35. The number of benzene rings is 2. The molecule has 0 radical (unpaired) electrons. The number of hydrazine groups is 1. The summed E-state index contributed by atoms with van der Waals surface area (Å²) in [5.74, 6) is -1.36. The number of aryl methyl sites for hydroxylation is 1. The molecule has 2 amide bonds. The van der Waals surface area contributed by atoms with Crippen LogP contribution in [0.25, 0.3) is 0 Å². The zero-order chi connectivity index (χ0) is 21.4. The van der Waals surface area contributed by atoms with E-state index in [0.717, 1.165) is 21.9 Å². The number of amides is 2. The van der Waals surface area contributed by atoms with Gasteiger partial charge in [-0.1, -0.05) is 61.4 Å². The van der Waals surface area contributed by atoms with E-state index >= 15 is 0 Å². The third-order valence-corrected chi connectivity index (χ3v) is 6.33. The molecule has 0 saturated carbocycles. The van der Waals surface area contributed by atoms with Crippen LogP contribution < -0.4 is 10.9 Å². The second-order valence-corrected chi connectivity index (χ2v) is 8.91. The third kappa shape index (κ3) is 6.13. The van der Waals surface area contributed by atoms with Gasteiger partial charge < -0.3 is 0 Å². The van der Waals surface area contributed by atoms with Crippen LogP contribution in [0.4, 0.5) is 0 Å². The molecule has 156 valence electrons. The molecule has 0 aromatic heterocycles.